The van der Waals surface area contributed by atoms with Crippen LogP contribution in [0.5, 0.6) is 0 Å². The normalized spacial score (nSPS) is 10.8. The van der Waals surface area contributed by atoms with E-state index in [9.17, 15) is 9.18 Å². The lowest BCUT2D eigenvalue weighted by molar-refractivity contribution is -0.131. The second-order valence-electron chi connectivity index (χ2n) is 4.61. The van der Waals surface area contributed by atoms with Crippen molar-refractivity contribution in [3.8, 4) is 0 Å². The maximum atomic E-state index is 13.2. The smallest absolute Gasteiger partial charge is 0.227 e. The van der Waals surface area contributed by atoms with Crippen LogP contribution in [0.25, 0.3) is 0 Å². The van der Waals surface area contributed by atoms with E-state index in [0.717, 1.165) is 4.47 Å². The monoisotopic (exact) mass is 366 g/mol. The molecule has 0 aliphatic rings. The van der Waals surface area contributed by atoms with Crippen molar-refractivity contribution in [3.05, 3.63) is 34.1 Å². The molecule has 1 amide bonds. The fourth-order valence-corrected chi connectivity index (χ4v) is 2.38. The molecule has 0 heterocycles. The molecule has 114 valence electrons. The Bertz CT molecular complexity index is 445. The zero-order valence-corrected chi connectivity index (χ0v) is 14.1. The van der Waals surface area contributed by atoms with Crippen LogP contribution < -0.4 is 11.1 Å². The van der Waals surface area contributed by atoms with E-state index < -0.39 is 5.41 Å². The van der Waals surface area contributed by atoms with Crippen LogP contribution in [-0.2, 0) is 11.3 Å². The Labute approximate surface area is 134 Å². The summed E-state index contributed by atoms with van der Waals surface area (Å²) in [5, 5.41) is 2.85. The zero-order chi connectivity index (χ0) is 14.5. The maximum absolute atomic E-state index is 13.2. The number of hydrogen-bond acceptors (Lipinski definition) is 2. The number of amides is 1. The molecule has 0 saturated carbocycles. The summed E-state index contributed by atoms with van der Waals surface area (Å²) >= 11 is 3.34. The third-order valence-corrected chi connectivity index (χ3v) is 4.45. The van der Waals surface area contributed by atoms with Crippen molar-refractivity contribution in [1.82, 2.24) is 5.32 Å². The third-order valence-electron chi connectivity index (χ3n) is 3.67. The van der Waals surface area contributed by atoms with Gasteiger partial charge < -0.3 is 11.1 Å². The van der Waals surface area contributed by atoms with Crippen molar-refractivity contribution in [3.63, 3.8) is 0 Å². The number of hydrogen-bond donors (Lipinski definition) is 2. The topological polar surface area (TPSA) is 55.1 Å². The number of halogens is 3. The third kappa shape index (κ3) is 4.43. The van der Waals surface area contributed by atoms with Gasteiger partial charge in [-0.15, -0.1) is 12.4 Å². The summed E-state index contributed by atoms with van der Waals surface area (Å²) in [4.78, 5) is 12.2. The molecule has 0 saturated heterocycles. The molecule has 3 N–H and O–H groups in total. The minimum absolute atomic E-state index is 0. The summed E-state index contributed by atoms with van der Waals surface area (Å²) in [5.41, 5.74) is 5.91. The van der Waals surface area contributed by atoms with Gasteiger partial charge in [-0.25, -0.2) is 4.39 Å². The van der Waals surface area contributed by atoms with Crippen molar-refractivity contribution < 1.29 is 9.18 Å². The molecule has 0 spiro atoms. The average molecular weight is 368 g/mol. The predicted molar refractivity (Wildman–Crippen MR) is 85.3 cm³/mol. The van der Waals surface area contributed by atoms with E-state index in [2.05, 4.69) is 21.2 Å². The molecule has 0 unspecified atom stereocenters. The van der Waals surface area contributed by atoms with Crippen LogP contribution in [0, 0.1) is 11.2 Å². The van der Waals surface area contributed by atoms with Crippen molar-refractivity contribution in [2.75, 3.05) is 6.54 Å². The van der Waals surface area contributed by atoms with E-state index in [0.29, 0.717) is 31.5 Å². The first-order chi connectivity index (χ1) is 8.99. The molecule has 0 bridgehead atoms. The van der Waals surface area contributed by atoms with Gasteiger partial charge in [0.2, 0.25) is 5.91 Å². The molecule has 0 radical (unpaired) electrons. The Kier molecular flexibility index (Phi) is 8.32. The predicted octanol–water partition coefficient (Wildman–Crippen LogP) is 3.39. The zero-order valence-electron chi connectivity index (χ0n) is 11.7. The Morgan fingerprint density at radius 1 is 1.40 bits per heavy atom. The minimum Gasteiger partial charge on any atom is -0.351 e. The summed E-state index contributed by atoms with van der Waals surface area (Å²) in [5.74, 6) is -0.389. The number of benzene rings is 1. The van der Waals surface area contributed by atoms with Gasteiger partial charge in [-0.1, -0.05) is 29.8 Å². The van der Waals surface area contributed by atoms with E-state index in [1.54, 1.807) is 6.07 Å². The number of rotatable bonds is 6. The molecule has 1 aromatic carbocycles. The molecular formula is C14H21BrClFN2O. The lowest BCUT2D eigenvalue weighted by atomic mass is 9.81. The largest absolute Gasteiger partial charge is 0.351 e. The summed E-state index contributed by atoms with van der Waals surface area (Å²) in [6.45, 7) is 4.51. The molecule has 6 heteroatoms. The Balaban J connectivity index is 0.00000361. The van der Waals surface area contributed by atoms with Gasteiger partial charge in [0.15, 0.2) is 0 Å². The van der Waals surface area contributed by atoms with Crippen LogP contribution >= 0.6 is 28.3 Å². The van der Waals surface area contributed by atoms with Crippen LogP contribution in [0.15, 0.2) is 22.7 Å². The van der Waals surface area contributed by atoms with Gasteiger partial charge in [-0.05, 0) is 36.6 Å². The Morgan fingerprint density at radius 2 is 2.00 bits per heavy atom. The van der Waals surface area contributed by atoms with Crippen LogP contribution in [-0.4, -0.2) is 12.5 Å². The summed E-state index contributed by atoms with van der Waals surface area (Å²) in [6.07, 6.45) is 1.38. The first-order valence-corrected chi connectivity index (χ1v) is 7.20. The first kappa shape index (κ1) is 19.4. The molecule has 1 aromatic rings. The van der Waals surface area contributed by atoms with Gasteiger partial charge in [0, 0.05) is 17.6 Å². The van der Waals surface area contributed by atoms with Crippen molar-refractivity contribution in [1.29, 1.82) is 0 Å². The van der Waals surface area contributed by atoms with Gasteiger partial charge >= 0.3 is 0 Å². The summed E-state index contributed by atoms with van der Waals surface area (Å²) in [7, 11) is 0. The van der Waals surface area contributed by atoms with Gasteiger partial charge in [-0.2, -0.15) is 0 Å². The average Bonchev–Trinajstić information content (AvgIpc) is 2.42. The van der Waals surface area contributed by atoms with E-state index >= 15 is 0 Å². The second-order valence-corrected chi connectivity index (χ2v) is 5.46. The van der Waals surface area contributed by atoms with Crippen LogP contribution in [0.2, 0.25) is 0 Å². The van der Waals surface area contributed by atoms with E-state index in [-0.39, 0.29) is 24.1 Å². The van der Waals surface area contributed by atoms with E-state index in [1.807, 2.05) is 13.8 Å². The number of nitrogens with two attached hydrogens (primary N) is 1. The second kappa shape index (κ2) is 8.60. The standard InChI is InChI=1S/C14H20BrFN2O.ClH/c1-3-14(4-2,9-17)13(19)18-8-10-7-11(16)5-6-12(10)15;/h5-7H,3-4,8-9,17H2,1-2H3,(H,18,19);1H. The quantitative estimate of drug-likeness (QED) is 0.810. The fourth-order valence-electron chi connectivity index (χ4n) is 1.99. The van der Waals surface area contributed by atoms with Gasteiger partial charge in [0.25, 0.3) is 0 Å². The molecule has 0 aliphatic heterocycles. The highest BCUT2D eigenvalue weighted by Crippen LogP contribution is 2.25. The minimum atomic E-state index is -0.528. The Hall–Kier alpha value is -0.650. The number of carbonyl (C=O) groups is 1. The lowest BCUT2D eigenvalue weighted by Gasteiger charge is -2.28. The van der Waals surface area contributed by atoms with Gasteiger partial charge in [0.1, 0.15) is 5.82 Å². The lowest BCUT2D eigenvalue weighted by Crippen LogP contribution is -2.45. The highest BCUT2D eigenvalue weighted by atomic mass is 79.9. The summed E-state index contributed by atoms with van der Waals surface area (Å²) < 4.78 is 13.9. The molecule has 0 aromatic heterocycles. The highest BCUT2D eigenvalue weighted by molar-refractivity contribution is 9.10. The number of nitrogens with one attached hydrogen (secondary N) is 1. The van der Waals surface area contributed by atoms with Crippen molar-refractivity contribution in [2.45, 2.75) is 33.2 Å². The van der Waals surface area contributed by atoms with Gasteiger partial charge in [-0.3, -0.25) is 4.79 Å². The molecule has 1 rings (SSSR count). The SMILES string of the molecule is CCC(CC)(CN)C(=O)NCc1cc(F)ccc1Br.Cl. The molecule has 0 atom stereocenters. The van der Waals surface area contributed by atoms with Crippen molar-refractivity contribution in [2.24, 2.45) is 11.1 Å². The van der Waals surface area contributed by atoms with Crippen LogP contribution in [0.3, 0.4) is 0 Å². The molecular weight excluding hydrogens is 347 g/mol. The van der Waals surface area contributed by atoms with E-state index in [1.165, 1.54) is 12.1 Å². The maximum Gasteiger partial charge on any atom is 0.227 e. The molecule has 3 nitrogen and oxygen atoms in total. The van der Waals surface area contributed by atoms with E-state index in [4.69, 9.17) is 5.73 Å². The van der Waals surface area contributed by atoms with Crippen LogP contribution in [0.1, 0.15) is 32.3 Å². The fraction of sp³-hybridized carbons (Fsp3) is 0.500. The molecule has 0 aliphatic carbocycles. The van der Waals surface area contributed by atoms with Gasteiger partial charge in [0.05, 0.1) is 5.41 Å². The van der Waals surface area contributed by atoms with Crippen LogP contribution in [0.4, 0.5) is 4.39 Å². The van der Waals surface area contributed by atoms with Crippen molar-refractivity contribution >= 4 is 34.2 Å². The molecule has 20 heavy (non-hydrogen) atoms. The Morgan fingerprint density at radius 3 is 2.50 bits per heavy atom. The summed E-state index contributed by atoms with van der Waals surface area (Å²) in [6, 6.07) is 4.41. The highest BCUT2D eigenvalue weighted by Gasteiger charge is 2.32. The number of carbonyl (C=O) groups excluding carboxylic acids is 1. The first-order valence-electron chi connectivity index (χ1n) is 6.41. The molecule has 0 fully saturated rings.